The van der Waals surface area contributed by atoms with Crippen molar-refractivity contribution in [3.63, 3.8) is 0 Å². The van der Waals surface area contributed by atoms with E-state index in [1.807, 2.05) is 0 Å². The topological polar surface area (TPSA) is 52.5 Å². The van der Waals surface area contributed by atoms with Gasteiger partial charge in [0.1, 0.15) is 0 Å². The molecule has 1 aliphatic rings. The third-order valence-corrected chi connectivity index (χ3v) is 4.74. The van der Waals surface area contributed by atoms with E-state index < -0.39 is 0 Å². The van der Waals surface area contributed by atoms with Gasteiger partial charge in [-0.25, -0.2) is 0 Å². The fraction of sp³-hybridized carbons (Fsp3) is 0.684. The van der Waals surface area contributed by atoms with E-state index in [9.17, 15) is 10.2 Å². The van der Waals surface area contributed by atoms with Gasteiger partial charge in [0.25, 0.3) is 0 Å². The molecule has 0 saturated carbocycles. The van der Waals surface area contributed by atoms with E-state index in [0.717, 1.165) is 19.4 Å². The Bertz CT molecular complexity index is 459. The second kappa shape index (κ2) is 9.04. The monoisotopic (exact) mass is 305 g/mol. The average molecular weight is 305 g/mol. The van der Waals surface area contributed by atoms with Crippen LogP contribution in [0.4, 0.5) is 0 Å². The summed E-state index contributed by atoms with van der Waals surface area (Å²) < 4.78 is 0. The van der Waals surface area contributed by atoms with Crippen LogP contribution in [0, 0.1) is 0 Å². The van der Waals surface area contributed by atoms with Crippen LogP contribution in [0.2, 0.25) is 0 Å². The molecular weight excluding hydrogens is 274 g/mol. The van der Waals surface area contributed by atoms with Gasteiger partial charge in [0.15, 0.2) is 11.5 Å². The largest absolute Gasteiger partial charge is 0.504 e. The minimum absolute atomic E-state index is 0.00312. The molecule has 0 bridgehead atoms. The van der Waals surface area contributed by atoms with Crippen molar-refractivity contribution in [2.45, 2.75) is 77.2 Å². The van der Waals surface area contributed by atoms with Crippen LogP contribution < -0.4 is 5.32 Å². The average Bonchev–Trinajstić information content (AvgIpc) is 2.51. The van der Waals surface area contributed by atoms with E-state index >= 15 is 0 Å². The molecule has 1 aromatic carbocycles. The molecule has 22 heavy (non-hydrogen) atoms. The van der Waals surface area contributed by atoms with E-state index in [1.54, 1.807) is 12.1 Å². The van der Waals surface area contributed by atoms with Crippen molar-refractivity contribution in [2.75, 3.05) is 6.54 Å². The molecule has 3 heteroatoms. The molecule has 3 nitrogen and oxygen atoms in total. The van der Waals surface area contributed by atoms with Gasteiger partial charge >= 0.3 is 0 Å². The molecule has 0 amide bonds. The Kier molecular flexibility index (Phi) is 7.04. The molecule has 0 unspecified atom stereocenters. The summed E-state index contributed by atoms with van der Waals surface area (Å²) in [4.78, 5) is 0. The summed E-state index contributed by atoms with van der Waals surface area (Å²) in [5, 5.41) is 22.9. The number of hydrogen-bond acceptors (Lipinski definition) is 3. The summed E-state index contributed by atoms with van der Waals surface area (Å²) in [5.74, 6) is 0.00912. The van der Waals surface area contributed by atoms with E-state index in [0.29, 0.717) is 6.04 Å². The lowest BCUT2D eigenvalue weighted by atomic mass is 9.90. The van der Waals surface area contributed by atoms with Gasteiger partial charge in [0.2, 0.25) is 0 Å². The van der Waals surface area contributed by atoms with E-state index in [-0.39, 0.29) is 11.5 Å². The van der Waals surface area contributed by atoms with Crippen molar-refractivity contribution in [1.29, 1.82) is 0 Å². The number of hydrogen-bond donors (Lipinski definition) is 3. The summed E-state index contributed by atoms with van der Waals surface area (Å²) in [5.41, 5.74) is 2.35. The Labute approximate surface area is 134 Å². The zero-order valence-electron chi connectivity index (χ0n) is 13.9. The second-order valence-electron chi connectivity index (χ2n) is 6.56. The Morgan fingerprint density at radius 1 is 0.955 bits per heavy atom. The second-order valence-corrected chi connectivity index (χ2v) is 6.56. The molecule has 0 aliphatic carbocycles. The third-order valence-electron chi connectivity index (χ3n) is 4.74. The smallest absolute Gasteiger partial charge is 0.157 e. The minimum atomic E-state index is 0.00312. The highest BCUT2D eigenvalue weighted by Crippen LogP contribution is 2.35. The highest BCUT2D eigenvalue weighted by Gasteiger charge is 2.21. The van der Waals surface area contributed by atoms with Crippen LogP contribution in [0.15, 0.2) is 12.1 Å². The lowest BCUT2D eigenvalue weighted by Crippen LogP contribution is -2.29. The number of unbranched alkanes of at least 4 members (excludes halogenated alkanes) is 7. The van der Waals surface area contributed by atoms with E-state index in [4.69, 9.17) is 0 Å². The number of nitrogens with one attached hydrogen (secondary N) is 1. The Balaban J connectivity index is 1.72. The van der Waals surface area contributed by atoms with Crippen molar-refractivity contribution in [2.24, 2.45) is 0 Å². The first kappa shape index (κ1) is 17.1. The predicted octanol–water partition coefficient (Wildman–Crippen LogP) is 4.82. The van der Waals surface area contributed by atoms with Crippen molar-refractivity contribution in [3.8, 4) is 11.5 Å². The summed E-state index contributed by atoms with van der Waals surface area (Å²) in [6.45, 7) is 3.21. The summed E-state index contributed by atoms with van der Waals surface area (Å²) in [6, 6.07) is 3.80. The normalized spacial score (nSPS) is 17.4. The highest BCUT2D eigenvalue weighted by atomic mass is 16.3. The van der Waals surface area contributed by atoms with Gasteiger partial charge in [-0.2, -0.15) is 0 Å². The van der Waals surface area contributed by atoms with Gasteiger partial charge in [0.05, 0.1) is 0 Å². The van der Waals surface area contributed by atoms with Crippen LogP contribution in [0.25, 0.3) is 0 Å². The van der Waals surface area contributed by atoms with Crippen molar-refractivity contribution < 1.29 is 10.2 Å². The molecule has 2 rings (SSSR count). The molecule has 3 N–H and O–H groups in total. The first-order chi connectivity index (χ1) is 10.7. The van der Waals surface area contributed by atoms with Crippen LogP contribution >= 0.6 is 0 Å². The zero-order chi connectivity index (χ0) is 15.8. The summed E-state index contributed by atoms with van der Waals surface area (Å²) in [7, 11) is 0. The number of fused-ring (bicyclic) bond motifs is 1. The molecule has 0 radical (unpaired) electrons. The molecule has 0 fully saturated rings. The van der Waals surface area contributed by atoms with Crippen LogP contribution in [0.3, 0.4) is 0 Å². The molecule has 1 heterocycles. The standard InChI is InChI=1S/C19H31NO2/c1-2-3-4-5-6-7-8-9-10-17-16-14-19(22)18(21)13-15(16)11-12-20-17/h13-14,17,20-22H,2-12H2,1H3/t17-/m0/s1. The fourth-order valence-corrected chi connectivity index (χ4v) is 3.41. The predicted molar refractivity (Wildman–Crippen MR) is 91.4 cm³/mol. The van der Waals surface area contributed by atoms with Crippen LogP contribution in [0.5, 0.6) is 11.5 Å². The molecule has 0 spiro atoms. The highest BCUT2D eigenvalue weighted by molar-refractivity contribution is 5.47. The first-order valence-corrected chi connectivity index (χ1v) is 9.00. The Morgan fingerprint density at radius 2 is 1.59 bits per heavy atom. The molecule has 1 aromatic rings. The first-order valence-electron chi connectivity index (χ1n) is 9.00. The summed E-state index contributed by atoms with van der Waals surface area (Å²) >= 11 is 0. The van der Waals surface area contributed by atoms with Crippen LogP contribution in [-0.2, 0) is 6.42 Å². The zero-order valence-corrected chi connectivity index (χ0v) is 13.9. The van der Waals surface area contributed by atoms with Gasteiger partial charge in [-0.05, 0) is 42.6 Å². The number of phenols is 2. The molecule has 124 valence electrons. The SMILES string of the molecule is CCCCCCCCCC[C@@H]1NCCc2cc(O)c(O)cc21. The van der Waals surface area contributed by atoms with Crippen molar-refractivity contribution in [1.82, 2.24) is 5.32 Å². The fourth-order valence-electron chi connectivity index (χ4n) is 3.41. The van der Waals surface area contributed by atoms with Gasteiger partial charge < -0.3 is 15.5 Å². The number of rotatable bonds is 9. The van der Waals surface area contributed by atoms with E-state index in [2.05, 4.69) is 12.2 Å². The van der Waals surface area contributed by atoms with Crippen molar-refractivity contribution in [3.05, 3.63) is 23.3 Å². The number of phenolic OH excluding ortho intramolecular Hbond substituents is 2. The summed E-state index contributed by atoms with van der Waals surface area (Å²) in [6.07, 6.45) is 12.7. The van der Waals surface area contributed by atoms with Crippen LogP contribution in [-0.4, -0.2) is 16.8 Å². The number of aromatic hydroxyl groups is 2. The van der Waals surface area contributed by atoms with Crippen LogP contribution in [0.1, 0.15) is 81.9 Å². The lowest BCUT2D eigenvalue weighted by molar-refractivity contribution is 0.395. The van der Waals surface area contributed by atoms with Gasteiger partial charge in [-0.15, -0.1) is 0 Å². The Morgan fingerprint density at radius 3 is 2.32 bits per heavy atom. The molecule has 1 aliphatic heterocycles. The molecular formula is C19H31NO2. The Hall–Kier alpha value is -1.22. The minimum Gasteiger partial charge on any atom is -0.504 e. The maximum atomic E-state index is 9.73. The maximum absolute atomic E-state index is 9.73. The lowest BCUT2D eigenvalue weighted by Gasteiger charge is -2.27. The van der Waals surface area contributed by atoms with Crippen molar-refractivity contribution >= 4 is 0 Å². The number of benzene rings is 1. The van der Waals surface area contributed by atoms with Gasteiger partial charge in [0, 0.05) is 6.04 Å². The molecule has 0 saturated heterocycles. The van der Waals surface area contributed by atoms with Gasteiger partial charge in [-0.3, -0.25) is 0 Å². The molecule has 1 atom stereocenters. The van der Waals surface area contributed by atoms with Gasteiger partial charge in [-0.1, -0.05) is 58.3 Å². The quantitative estimate of drug-likeness (QED) is 0.453. The third kappa shape index (κ3) is 4.91. The molecule has 0 aromatic heterocycles. The maximum Gasteiger partial charge on any atom is 0.157 e. The van der Waals surface area contributed by atoms with E-state index in [1.165, 1.54) is 62.5 Å².